The van der Waals surface area contributed by atoms with E-state index in [9.17, 15) is 14.9 Å². The number of para-hydroxylation sites is 1. The van der Waals surface area contributed by atoms with Crippen LogP contribution in [0.25, 0.3) is 23.1 Å². The number of nitro benzene ring substituents is 1. The summed E-state index contributed by atoms with van der Waals surface area (Å²) in [6, 6.07) is 18.1. The van der Waals surface area contributed by atoms with Crippen molar-refractivity contribution in [3.63, 3.8) is 0 Å². The number of hydrogen-bond donors (Lipinski definition) is 0. The molecule has 0 saturated heterocycles. The maximum absolute atomic E-state index is 12.1. The van der Waals surface area contributed by atoms with Gasteiger partial charge in [0.1, 0.15) is 6.54 Å². The third-order valence-electron chi connectivity index (χ3n) is 4.71. The van der Waals surface area contributed by atoms with E-state index in [1.165, 1.54) is 18.2 Å². The van der Waals surface area contributed by atoms with Crippen LogP contribution in [0.4, 0.5) is 5.69 Å². The van der Waals surface area contributed by atoms with Crippen LogP contribution < -0.4 is 4.57 Å². The maximum Gasteiger partial charge on any atom is 0.363 e. The normalized spacial score (nSPS) is 15.0. The van der Waals surface area contributed by atoms with E-state index in [-0.39, 0.29) is 17.3 Å². The van der Waals surface area contributed by atoms with E-state index >= 15 is 0 Å². The van der Waals surface area contributed by atoms with E-state index in [4.69, 9.17) is 4.74 Å². The highest BCUT2D eigenvalue weighted by molar-refractivity contribution is 6.11. The van der Waals surface area contributed by atoms with Crippen molar-refractivity contribution in [2.75, 3.05) is 0 Å². The zero-order valence-corrected chi connectivity index (χ0v) is 16.2. The second kappa shape index (κ2) is 8.08. The number of rotatable bonds is 5. The molecule has 2 aromatic carbocycles. The SMILES string of the molecule is CC[n+]1c(/C=C/C2=NC(=C\c3cccc([N+](=O)[O-])c3)/C(=O)O2)ccc2ccccc21. The van der Waals surface area contributed by atoms with Crippen molar-refractivity contribution in [2.45, 2.75) is 13.5 Å². The third-order valence-corrected chi connectivity index (χ3v) is 4.71. The lowest BCUT2D eigenvalue weighted by Gasteiger charge is -2.02. The number of hydrogen-bond acceptors (Lipinski definition) is 5. The zero-order valence-electron chi connectivity index (χ0n) is 16.2. The minimum absolute atomic E-state index is 0.0553. The van der Waals surface area contributed by atoms with Crippen molar-refractivity contribution in [3.05, 3.63) is 93.8 Å². The van der Waals surface area contributed by atoms with Gasteiger partial charge >= 0.3 is 5.97 Å². The third kappa shape index (κ3) is 3.86. The second-order valence-corrected chi connectivity index (χ2v) is 6.62. The van der Waals surface area contributed by atoms with Crippen molar-refractivity contribution >= 4 is 40.6 Å². The maximum atomic E-state index is 12.1. The number of aryl methyl sites for hydroxylation is 1. The molecule has 7 heteroatoms. The van der Waals surface area contributed by atoms with Gasteiger partial charge in [-0.3, -0.25) is 10.1 Å². The molecular weight excluding hydrogens is 382 g/mol. The molecule has 1 aliphatic heterocycles. The number of nitrogens with zero attached hydrogens (tertiary/aromatic N) is 3. The van der Waals surface area contributed by atoms with Crippen LogP contribution in [-0.2, 0) is 16.1 Å². The summed E-state index contributed by atoms with van der Waals surface area (Å²) in [5, 5.41) is 12.1. The van der Waals surface area contributed by atoms with E-state index in [0.29, 0.717) is 5.56 Å². The first-order valence-electron chi connectivity index (χ1n) is 9.42. The summed E-state index contributed by atoms with van der Waals surface area (Å²) in [5.74, 6) is -0.421. The van der Waals surface area contributed by atoms with Crippen molar-refractivity contribution in [1.82, 2.24) is 0 Å². The number of pyridine rings is 1. The Balaban J connectivity index is 1.62. The average molecular weight is 400 g/mol. The summed E-state index contributed by atoms with van der Waals surface area (Å²) >= 11 is 0. The summed E-state index contributed by atoms with van der Waals surface area (Å²) in [5.41, 5.74) is 2.60. The number of fused-ring (bicyclic) bond motifs is 1. The molecule has 0 radical (unpaired) electrons. The smallest absolute Gasteiger partial charge is 0.363 e. The molecule has 0 N–H and O–H groups in total. The molecule has 0 fully saturated rings. The minimum atomic E-state index is -0.594. The molecule has 0 saturated carbocycles. The average Bonchev–Trinajstić information content (AvgIpc) is 3.11. The van der Waals surface area contributed by atoms with Gasteiger partial charge in [0.25, 0.3) is 5.69 Å². The van der Waals surface area contributed by atoms with Gasteiger partial charge in [-0.15, -0.1) is 0 Å². The second-order valence-electron chi connectivity index (χ2n) is 6.62. The number of benzene rings is 2. The van der Waals surface area contributed by atoms with Gasteiger partial charge in [-0.25, -0.2) is 9.79 Å². The van der Waals surface area contributed by atoms with Gasteiger partial charge in [0.15, 0.2) is 5.70 Å². The lowest BCUT2D eigenvalue weighted by molar-refractivity contribution is -0.669. The molecule has 0 bridgehead atoms. The van der Waals surface area contributed by atoms with Crippen molar-refractivity contribution in [2.24, 2.45) is 4.99 Å². The molecule has 148 valence electrons. The summed E-state index contributed by atoms with van der Waals surface area (Å²) in [4.78, 5) is 26.8. The summed E-state index contributed by atoms with van der Waals surface area (Å²) in [6.07, 6.45) is 4.96. The van der Waals surface area contributed by atoms with Gasteiger partial charge in [-0.2, -0.15) is 4.57 Å². The fraction of sp³-hybridized carbons (Fsp3) is 0.0870. The van der Waals surface area contributed by atoms with Crippen molar-refractivity contribution in [3.8, 4) is 0 Å². The Kier molecular flexibility index (Phi) is 5.17. The standard InChI is InChI=1S/C23H18N3O4/c1-2-25-18(11-10-17-7-3-4-9-21(17)25)12-13-22-24-20(23(27)30-22)15-16-6-5-8-19(14-16)26(28)29/h3-15H,2H2,1H3/q+1/b13-12+,20-15-. The molecule has 2 heterocycles. The van der Waals surface area contributed by atoms with Crippen LogP contribution in [0.3, 0.4) is 0 Å². The molecule has 0 atom stereocenters. The Morgan fingerprint density at radius 2 is 1.93 bits per heavy atom. The van der Waals surface area contributed by atoms with E-state index in [1.54, 1.807) is 18.2 Å². The molecule has 0 amide bonds. The monoisotopic (exact) mass is 400 g/mol. The molecule has 1 aliphatic rings. The number of cyclic esters (lactones) is 1. The topological polar surface area (TPSA) is 85.7 Å². The van der Waals surface area contributed by atoms with Gasteiger partial charge in [0.2, 0.25) is 17.1 Å². The van der Waals surface area contributed by atoms with Crippen LogP contribution in [0, 0.1) is 10.1 Å². The van der Waals surface area contributed by atoms with E-state index in [2.05, 4.69) is 28.6 Å². The Morgan fingerprint density at radius 3 is 2.73 bits per heavy atom. The number of esters is 1. The van der Waals surface area contributed by atoms with Crippen LogP contribution >= 0.6 is 0 Å². The number of nitro groups is 1. The Morgan fingerprint density at radius 1 is 1.10 bits per heavy atom. The number of aromatic nitrogens is 1. The van der Waals surface area contributed by atoms with Crippen molar-refractivity contribution < 1.29 is 19.0 Å². The number of non-ortho nitro benzene ring substituents is 1. The molecule has 4 rings (SSSR count). The number of carbonyl (C=O) groups is 1. The number of aliphatic imine (C=N–C) groups is 1. The van der Waals surface area contributed by atoms with Crippen LogP contribution in [-0.4, -0.2) is 16.8 Å². The highest BCUT2D eigenvalue weighted by Crippen LogP contribution is 2.20. The van der Waals surface area contributed by atoms with Crippen LogP contribution in [0.1, 0.15) is 18.2 Å². The number of carbonyl (C=O) groups excluding carboxylic acids is 1. The molecule has 30 heavy (non-hydrogen) atoms. The summed E-state index contributed by atoms with van der Waals surface area (Å²) in [6.45, 7) is 2.85. The minimum Gasteiger partial charge on any atom is -0.403 e. The molecule has 0 unspecified atom stereocenters. The highest BCUT2D eigenvalue weighted by Gasteiger charge is 2.22. The lowest BCUT2D eigenvalue weighted by Crippen LogP contribution is -2.36. The van der Waals surface area contributed by atoms with Crippen LogP contribution in [0.5, 0.6) is 0 Å². The van der Waals surface area contributed by atoms with E-state index in [0.717, 1.165) is 23.1 Å². The predicted octanol–water partition coefficient (Wildman–Crippen LogP) is 4.07. The predicted molar refractivity (Wildman–Crippen MR) is 113 cm³/mol. The molecular formula is C23H18N3O4+. The fourth-order valence-electron chi connectivity index (χ4n) is 3.32. The highest BCUT2D eigenvalue weighted by atomic mass is 16.6. The van der Waals surface area contributed by atoms with Crippen LogP contribution in [0.15, 0.2) is 77.4 Å². The Labute approximate surface area is 172 Å². The Bertz CT molecular complexity index is 1260. The molecule has 0 spiro atoms. The lowest BCUT2D eigenvalue weighted by atomic mass is 10.1. The zero-order chi connectivity index (χ0) is 21.1. The van der Waals surface area contributed by atoms with Gasteiger partial charge in [0, 0.05) is 41.8 Å². The van der Waals surface area contributed by atoms with Gasteiger partial charge in [-0.05, 0) is 30.7 Å². The van der Waals surface area contributed by atoms with Gasteiger partial charge < -0.3 is 4.74 Å². The van der Waals surface area contributed by atoms with Crippen molar-refractivity contribution in [1.29, 1.82) is 0 Å². The molecule has 3 aromatic rings. The summed E-state index contributed by atoms with van der Waals surface area (Å²) < 4.78 is 7.38. The molecule has 1 aromatic heterocycles. The molecule has 0 aliphatic carbocycles. The quantitative estimate of drug-likeness (QED) is 0.212. The summed E-state index contributed by atoms with van der Waals surface area (Å²) in [7, 11) is 0. The first-order valence-corrected chi connectivity index (χ1v) is 9.42. The first kappa shape index (κ1) is 19.2. The van der Waals surface area contributed by atoms with E-state index in [1.807, 2.05) is 30.3 Å². The van der Waals surface area contributed by atoms with E-state index < -0.39 is 10.9 Å². The van der Waals surface area contributed by atoms with Gasteiger partial charge in [-0.1, -0.05) is 24.3 Å². The van der Waals surface area contributed by atoms with Gasteiger partial charge in [0.05, 0.1) is 4.92 Å². The fourth-order valence-corrected chi connectivity index (χ4v) is 3.32. The van der Waals surface area contributed by atoms with Crippen LogP contribution in [0.2, 0.25) is 0 Å². The first-order chi connectivity index (χ1) is 14.5. The Hall–Kier alpha value is -4.13. The largest absolute Gasteiger partial charge is 0.403 e. The number of ether oxygens (including phenoxy) is 1. The molecule has 7 nitrogen and oxygen atoms in total.